The van der Waals surface area contributed by atoms with Crippen molar-refractivity contribution >= 4 is 10.0 Å². The zero-order valence-corrected chi connectivity index (χ0v) is 16.5. The van der Waals surface area contributed by atoms with Gasteiger partial charge >= 0.3 is 0 Å². The lowest BCUT2D eigenvalue weighted by atomic mass is 10.2. The molecule has 26 heavy (non-hydrogen) atoms. The first-order chi connectivity index (χ1) is 12.4. The highest BCUT2D eigenvalue weighted by atomic mass is 32.2. The molecule has 0 saturated carbocycles. The second-order valence-corrected chi connectivity index (χ2v) is 8.67. The molecule has 1 aliphatic rings. The van der Waals surface area contributed by atoms with Crippen LogP contribution in [0.4, 0.5) is 0 Å². The van der Waals surface area contributed by atoms with Crippen LogP contribution < -0.4 is 0 Å². The summed E-state index contributed by atoms with van der Waals surface area (Å²) < 4.78 is 31.2. The SMILES string of the molecule is CCCCn1nnnc1Cn1nc(C)c(S(=O)(=O)N2CCCCC2)c1C. The Morgan fingerprint density at radius 3 is 2.50 bits per heavy atom. The summed E-state index contributed by atoms with van der Waals surface area (Å²) in [5, 5.41) is 16.3. The van der Waals surface area contributed by atoms with Gasteiger partial charge in [0.25, 0.3) is 0 Å². The monoisotopic (exact) mass is 381 g/mol. The maximum Gasteiger partial charge on any atom is 0.246 e. The van der Waals surface area contributed by atoms with Crippen molar-refractivity contribution < 1.29 is 8.42 Å². The van der Waals surface area contributed by atoms with Crippen molar-refractivity contribution in [2.75, 3.05) is 13.1 Å². The van der Waals surface area contributed by atoms with Gasteiger partial charge in [-0.25, -0.2) is 13.1 Å². The average molecular weight is 382 g/mol. The average Bonchev–Trinajstić information content (AvgIpc) is 3.18. The van der Waals surface area contributed by atoms with Crippen LogP contribution in [0.2, 0.25) is 0 Å². The lowest BCUT2D eigenvalue weighted by molar-refractivity contribution is 0.346. The van der Waals surface area contributed by atoms with Crippen LogP contribution in [0.15, 0.2) is 4.90 Å². The van der Waals surface area contributed by atoms with E-state index in [1.807, 2.05) is 0 Å². The lowest BCUT2D eigenvalue weighted by Gasteiger charge is -2.25. The van der Waals surface area contributed by atoms with E-state index in [9.17, 15) is 8.42 Å². The second-order valence-electron chi connectivity index (χ2n) is 6.79. The molecule has 3 heterocycles. The molecule has 0 spiro atoms. The minimum absolute atomic E-state index is 0.326. The molecule has 0 aromatic carbocycles. The molecule has 144 valence electrons. The van der Waals surface area contributed by atoms with Gasteiger partial charge in [-0.2, -0.15) is 9.40 Å². The van der Waals surface area contributed by atoms with Gasteiger partial charge in [0.2, 0.25) is 10.0 Å². The Labute approximate surface area is 154 Å². The molecule has 1 fully saturated rings. The third kappa shape index (κ3) is 3.66. The zero-order chi connectivity index (χ0) is 18.7. The Hall–Kier alpha value is -1.81. The molecule has 1 saturated heterocycles. The molecule has 0 atom stereocenters. The molecule has 0 radical (unpaired) electrons. The van der Waals surface area contributed by atoms with Gasteiger partial charge in [-0.3, -0.25) is 4.68 Å². The first kappa shape index (κ1) is 19.0. The molecule has 0 amide bonds. The largest absolute Gasteiger partial charge is 0.260 e. The summed E-state index contributed by atoms with van der Waals surface area (Å²) >= 11 is 0. The Bertz CT molecular complexity index is 850. The molecule has 3 rings (SSSR count). The summed E-state index contributed by atoms with van der Waals surface area (Å²) in [6.07, 6.45) is 4.96. The van der Waals surface area contributed by atoms with Crippen LogP contribution >= 0.6 is 0 Å². The van der Waals surface area contributed by atoms with Gasteiger partial charge in [-0.15, -0.1) is 5.10 Å². The number of unbranched alkanes of at least 4 members (excludes halogenated alkanes) is 1. The normalized spacial score (nSPS) is 16.3. The molecule has 0 unspecified atom stereocenters. The first-order valence-electron chi connectivity index (χ1n) is 9.24. The lowest BCUT2D eigenvalue weighted by Crippen LogP contribution is -2.36. The van der Waals surface area contributed by atoms with E-state index in [0.717, 1.165) is 38.6 Å². The van der Waals surface area contributed by atoms with Crippen molar-refractivity contribution in [2.24, 2.45) is 0 Å². The van der Waals surface area contributed by atoms with Crippen LogP contribution in [0.3, 0.4) is 0 Å². The van der Waals surface area contributed by atoms with Crippen LogP contribution in [0, 0.1) is 13.8 Å². The van der Waals surface area contributed by atoms with Gasteiger partial charge in [-0.1, -0.05) is 19.8 Å². The van der Waals surface area contributed by atoms with Gasteiger partial charge in [0.05, 0.1) is 11.4 Å². The van der Waals surface area contributed by atoms with E-state index in [1.54, 1.807) is 27.5 Å². The highest BCUT2D eigenvalue weighted by molar-refractivity contribution is 7.89. The van der Waals surface area contributed by atoms with Crippen LogP contribution in [0.25, 0.3) is 0 Å². The third-order valence-electron chi connectivity index (χ3n) is 4.85. The molecule has 1 aliphatic heterocycles. The van der Waals surface area contributed by atoms with Crippen molar-refractivity contribution in [1.82, 2.24) is 34.3 Å². The van der Waals surface area contributed by atoms with E-state index in [-0.39, 0.29) is 0 Å². The smallest absolute Gasteiger partial charge is 0.246 e. The van der Waals surface area contributed by atoms with Gasteiger partial charge in [0, 0.05) is 19.6 Å². The van der Waals surface area contributed by atoms with Gasteiger partial charge < -0.3 is 0 Å². The number of hydrogen-bond acceptors (Lipinski definition) is 6. The summed E-state index contributed by atoms with van der Waals surface area (Å²) in [6, 6.07) is 0. The van der Waals surface area contributed by atoms with Crippen molar-refractivity contribution in [1.29, 1.82) is 0 Å². The molecule has 0 bridgehead atoms. The van der Waals surface area contributed by atoms with Gasteiger partial charge in [0.15, 0.2) is 5.82 Å². The summed E-state index contributed by atoms with van der Waals surface area (Å²) in [5.41, 5.74) is 1.17. The summed E-state index contributed by atoms with van der Waals surface area (Å²) in [5.74, 6) is 0.686. The van der Waals surface area contributed by atoms with Crippen molar-refractivity contribution in [3.05, 3.63) is 17.2 Å². The Kier molecular flexibility index (Phi) is 5.71. The van der Waals surface area contributed by atoms with Gasteiger partial charge in [-0.05, 0) is 43.5 Å². The molecule has 9 nitrogen and oxygen atoms in total. The number of aromatic nitrogens is 6. The second kappa shape index (κ2) is 7.83. The number of nitrogens with zero attached hydrogens (tertiary/aromatic N) is 7. The van der Waals surface area contributed by atoms with Crippen molar-refractivity contribution in [3.8, 4) is 0 Å². The number of rotatable bonds is 7. The van der Waals surface area contributed by atoms with E-state index >= 15 is 0 Å². The molecular formula is C16H27N7O2S. The predicted molar refractivity (Wildman–Crippen MR) is 96.1 cm³/mol. The van der Waals surface area contributed by atoms with Crippen LogP contribution in [0.5, 0.6) is 0 Å². The van der Waals surface area contributed by atoms with Crippen LogP contribution in [-0.4, -0.2) is 55.8 Å². The van der Waals surface area contributed by atoms with Crippen LogP contribution in [-0.2, 0) is 23.1 Å². The molecular weight excluding hydrogens is 354 g/mol. The third-order valence-corrected chi connectivity index (χ3v) is 7.00. The quantitative estimate of drug-likeness (QED) is 0.721. The molecule has 2 aromatic rings. The number of sulfonamides is 1. The maximum atomic E-state index is 13.1. The van der Waals surface area contributed by atoms with E-state index in [2.05, 4.69) is 27.5 Å². The molecule has 0 N–H and O–H groups in total. The zero-order valence-electron chi connectivity index (χ0n) is 15.7. The highest BCUT2D eigenvalue weighted by Gasteiger charge is 2.31. The number of tetrazole rings is 1. The Balaban J connectivity index is 1.88. The van der Waals surface area contributed by atoms with Crippen molar-refractivity contribution in [2.45, 2.75) is 70.9 Å². The van der Waals surface area contributed by atoms with E-state index in [0.29, 0.717) is 41.7 Å². The summed E-state index contributed by atoms with van der Waals surface area (Å²) in [4.78, 5) is 0.326. The van der Waals surface area contributed by atoms with Crippen molar-refractivity contribution in [3.63, 3.8) is 0 Å². The number of hydrogen-bond donors (Lipinski definition) is 0. The molecule has 0 aliphatic carbocycles. The fourth-order valence-corrected chi connectivity index (χ4v) is 5.28. The number of piperidine rings is 1. The Morgan fingerprint density at radius 1 is 1.08 bits per heavy atom. The standard InChI is InChI=1S/C16H27N7O2S/c1-4-5-11-22-15(17-19-20-22)12-23-14(3)16(13(2)18-23)26(24,25)21-9-7-6-8-10-21/h4-12H2,1-3H3. The topological polar surface area (TPSA) is 98.8 Å². The number of aryl methyl sites for hydroxylation is 2. The minimum atomic E-state index is -3.51. The molecule has 10 heteroatoms. The van der Waals surface area contributed by atoms with E-state index < -0.39 is 10.0 Å². The summed E-state index contributed by atoms with van der Waals surface area (Å²) in [6.45, 7) is 7.94. The van der Waals surface area contributed by atoms with Crippen LogP contribution in [0.1, 0.15) is 56.2 Å². The Morgan fingerprint density at radius 2 is 1.81 bits per heavy atom. The predicted octanol–water partition coefficient (Wildman–Crippen LogP) is 1.51. The highest BCUT2D eigenvalue weighted by Crippen LogP contribution is 2.26. The fraction of sp³-hybridized carbons (Fsp3) is 0.750. The van der Waals surface area contributed by atoms with E-state index in [4.69, 9.17) is 0 Å². The minimum Gasteiger partial charge on any atom is -0.260 e. The maximum absolute atomic E-state index is 13.1. The first-order valence-corrected chi connectivity index (χ1v) is 10.7. The fourth-order valence-electron chi connectivity index (χ4n) is 3.39. The molecule has 2 aromatic heterocycles. The van der Waals surface area contributed by atoms with Gasteiger partial charge in [0.1, 0.15) is 11.4 Å². The van der Waals surface area contributed by atoms with E-state index in [1.165, 1.54) is 0 Å². The summed E-state index contributed by atoms with van der Waals surface area (Å²) in [7, 11) is -3.51.